The Balaban J connectivity index is 2.24. The molecule has 2 heterocycles. The highest BCUT2D eigenvalue weighted by Crippen LogP contribution is 2.27. The summed E-state index contributed by atoms with van der Waals surface area (Å²) in [6, 6.07) is 1.33. The molecule has 1 aliphatic heterocycles. The number of hydrazine groups is 1. The van der Waals surface area contributed by atoms with Crippen LogP contribution in [0.5, 0.6) is 0 Å². The van der Waals surface area contributed by atoms with E-state index in [-0.39, 0.29) is 11.7 Å². The van der Waals surface area contributed by atoms with Gasteiger partial charge >= 0.3 is 6.18 Å². The maximum absolute atomic E-state index is 12.5. The molecule has 1 fully saturated rings. The molecule has 1 N–H and O–H groups in total. The smallest absolute Gasteiger partial charge is 0.273 e. The molecule has 2 rings (SSSR count). The van der Waals surface area contributed by atoms with Crippen molar-refractivity contribution in [1.82, 2.24) is 15.4 Å². The lowest BCUT2D eigenvalue weighted by atomic mass is 10.2. The Bertz CT molecular complexity index is 449. The Kier molecular flexibility index (Phi) is 3.35. The van der Waals surface area contributed by atoms with E-state index in [4.69, 9.17) is 0 Å². The number of aromatic nitrogens is 2. The summed E-state index contributed by atoms with van der Waals surface area (Å²) in [7, 11) is 0. The van der Waals surface area contributed by atoms with Crippen molar-refractivity contribution in [2.24, 2.45) is 0 Å². The first-order valence-corrected chi connectivity index (χ1v) is 5.44. The van der Waals surface area contributed by atoms with Crippen LogP contribution in [0.15, 0.2) is 12.3 Å². The van der Waals surface area contributed by atoms with Crippen molar-refractivity contribution in [1.29, 1.82) is 0 Å². The molecule has 1 aromatic heterocycles. The number of carbonyl (C=O) groups excluding carboxylic acids is 1. The number of halogens is 3. The summed E-state index contributed by atoms with van der Waals surface area (Å²) in [5.41, 5.74) is 2.51. The molecular formula is C10H11F3N4O. The molecule has 0 aliphatic carbocycles. The van der Waals surface area contributed by atoms with Crippen LogP contribution >= 0.6 is 0 Å². The summed E-state index contributed by atoms with van der Waals surface area (Å²) in [4.78, 5) is 17.9. The van der Waals surface area contributed by atoms with Gasteiger partial charge in [-0.15, -0.1) is 0 Å². The SMILES string of the molecule is O=C1CCCCN(c2ccnc(C(F)(F)F)n2)N1. The number of amides is 1. The molecule has 5 nitrogen and oxygen atoms in total. The Morgan fingerprint density at radius 1 is 1.33 bits per heavy atom. The van der Waals surface area contributed by atoms with E-state index in [1.165, 1.54) is 11.1 Å². The number of hydrogen-bond acceptors (Lipinski definition) is 4. The number of anilines is 1. The molecule has 1 aliphatic rings. The van der Waals surface area contributed by atoms with Crippen LogP contribution in [0.1, 0.15) is 25.1 Å². The van der Waals surface area contributed by atoms with E-state index >= 15 is 0 Å². The minimum absolute atomic E-state index is 0.0487. The van der Waals surface area contributed by atoms with Crippen molar-refractivity contribution in [3.63, 3.8) is 0 Å². The highest BCUT2D eigenvalue weighted by atomic mass is 19.4. The van der Waals surface area contributed by atoms with Gasteiger partial charge in [-0.25, -0.2) is 9.97 Å². The van der Waals surface area contributed by atoms with E-state index in [0.717, 1.165) is 6.20 Å². The predicted molar refractivity (Wildman–Crippen MR) is 56.4 cm³/mol. The summed E-state index contributed by atoms with van der Waals surface area (Å²) < 4.78 is 37.4. The van der Waals surface area contributed by atoms with E-state index in [1.54, 1.807) is 0 Å². The van der Waals surface area contributed by atoms with Crippen molar-refractivity contribution in [2.75, 3.05) is 11.6 Å². The zero-order chi connectivity index (χ0) is 13.2. The molecule has 18 heavy (non-hydrogen) atoms. The zero-order valence-corrected chi connectivity index (χ0v) is 9.37. The molecule has 0 radical (unpaired) electrons. The van der Waals surface area contributed by atoms with Gasteiger partial charge in [0.25, 0.3) is 0 Å². The third-order valence-electron chi connectivity index (χ3n) is 2.47. The maximum Gasteiger partial charge on any atom is 0.451 e. The molecule has 0 unspecified atom stereocenters. The molecule has 98 valence electrons. The quantitative estimate of drug-likeness (QED) is 0.831. The third kappa shape index (κ3) is 2.88. The topological polar surface area (TPSA) is 58.1 Å². The number of rotatable bonds is 1. The van der Waals surface area contributed by atoms with Gasteiger partial charge in [0.2, 0.25) is 11.7 Å². The van der Waals surface area contributed by atoms with Gasteiger partial charge in [0.15, 0.2) is 5.82 Å². The Hall–Kier alpha value is -1.86. The molecule has 0 bridgehead atoms. The number of nitrogens with zero attached hydrogens (tertiary/aromatic N) is 3. The van der Waals surface area contributed by atoms with Crippen LogP contribution in [0.25, 0.3) is 0 Å². The molecule has 0 saturated carbocycles. The van der Waals surface area contributed by atoms with Crippen LogP contribution in [0.3, 0.4) is 0 Å². The van der Waals surface area contributed by atoms with Crippen molar-refractivity contribution < 1.29 is 18.0 Å². The number of alkyl halides is 3. The first-order chi connectivity index (χ1) is 8.47. The summed E-state index contributed by atoms with van der Waals surface area (Å²) >= 11 is 0. The normalized spacial score (nSPS) is 17.3. The molecule has 8 heteroatoms. The first kappa shape index (κ1) is 12.6. The standard InChI is InChI=1S/C10H11F3N4O/c11-10(12,13)9-14-5-4-7(15-9)17-6-2-1-3-8(18)16-17/h4-5H,1-3,6H2,(H,16,18). The lowest BCUT2D eigenvalue weighted by Crippen LogP contribution is -2.41. The van der Waals surface area contributed by atoms with Crippen molar-refractivity contribution >= 4 is 11.7 Å². The molecule has 0 spiro atoms. The second kappa shape index (κ2) is 4.79. The van der Waals surface area contributed by atoms with Crippen LogP contribution in [0.4, 0.5) is 19.0 Å². The highest BCUT2D eigenvalue weighted by Gasteiger charge is 2.35. The van der Waals surface area contributed by atoms with Crippen molar-refractivity contribution in [3.8, 4) is 0 Å². The van der Waals surface area contributed by atoms with Crippen LogP contribution in [-0.2, 0) is 11.0 Å². The molecule has 1 amide bonds. The van der Waals surface area contributed by atoms with Gasteiger partial charge in [-0.05, 0) is 12.8 Å². The van der Waals surface area contributed by atoms with Crippen LogP contribution in [-0.4, -0.2) is 22.4 Å². The van der Waals surface area contributed by atoms with Gasteiger partial charge in [-0.2, -0.15) is 13.2 Å². The maximum atomic E-state index is 12.5. The Morgan fingerprint density at radius 2 is 2.11 bits per heavy atom. The molecule has 0 atom stereocenters. The molecule has 1 aromatic rings. The van der Waals surface area contributed by atoms with Gasteiger partial charge in [0.1, 0.15) is 0 Å². The summed E-state index contributed by atoms with van der Waals surface area (Å²) in [5.74, 6) is -1.38. The number of hydrogen-bond donors (Lipinski definition) is 1. The van der Waals surface area contributed by atoms with Crippen LogP contribution in [0, 0.1) is 0 Å². The minimum Gasteiger partial charge on any atom is -0.273 e. The van der Waals surface area contributed by atoms with Gasteiger partial charge in [0, 0.05) is 25.2 Å². The number of carbonyl (C=O) groups is 1. The van der Waals surface area contributed by atoms with E-state index in [1.807, 2.05) is 0 Å². The van der Waals surface area contributed by atoms with E-state index in [9.17, 15) is 18.0 Å². The fourth-order valence-corrected chi connectivity index (χ4v) is 1.63. The van der Waals surface area contributed by atoms with E-state index in [0.29, 0.717) is 25.8 Å². The van der Waals surface area contributed by atoms with Crippen molar-refractivity contribution in [2.45, 2.75) is 25.4 Å². The summed E-state index contributed by atoms with van der Waals surface area (Å²) in [6.07, 6.45) is -1.77. The van der Waals surface area contributed by atoms with Crippen LogP contribution < -0.4 is 10.4 Å². The summed E-state index contributed by atoms with van der Waals surface area (Å²) in [6.45, 7) is 0.431. The average Bonchev–Trinajstić information content (AvgIpc) is 2.53. The average molecular weight is 260 g/mol. The Labute approximate surface area is 101 Å². The summed E-state index contributed by atoms with van der Waals surface area (Å²) in [5, 5.41) is 1.33. The predicted octanol–water partition coefficient (Wildman–Crippen LogP) is 1.52. The molecular weight excluding hydrogens is 249 g/mol. The second-order valence-corrected chi connectivity index (χ2v) is 3.88. The fraction of sp³-hybridized carbons (Fsp3) is 0.500. The first-order valence-electron chi connectivity index (χ1n) is 5.44. The van der Waals surface area contributed by atoms with Crippen LogP contribution in [0.2, 0.25) is 0 Å². The largest absolute Gasteiger partial charge is 0.451 e. The molecule has 0 aromatic carbocycles. The fourth-order valence-electron chi connectivity index (χ4n) is 1.63. The van der Waals surface area contributed by atoms with Crippen molar-refractivity contribution in [3.05, 3.63) is 18.1 Å². The van der Waals surface area contributed by atoms with E-state index < -0.39 is 12.0 Å². The van der Waals surface area contributed by atoms with E-state index in [2.05, 4.69) is 15.4 Å². The zero-order valence-electron chi connectivity index (χ0n) is 9.37. The van der Waals surface area contributed by atoms with Gasteiger partial charge in [-0.3, -0.25) is 15.2 Å². The highest BCUT2D eigenvalue weighted by molar-refractivity contribution is 5.77. The second-order valence-electron chi connectivity index (χ2n) is 3.88. The van der Waals surface area contributed by atoms with Gasteiger partial charge in [-0.1, -0.05) is 0 Å². The lowest BCUT2D eigenvalue weighted by molar-refractivity contribution is -0.144. The van der Waals surface area contributed by atoms with Gasteiger partial charge < -0.3 is 0 Å². The lowest BCUT2D eigenvalue weighted by Gasteiger charge is -2.22. The van der Waals surface area contributed by atoms with Gasteiger partial charge in [0.05, 0.1) is 0 Å². The molecule has 1 saturated heterocycles. The third-order valence-corrected chi connectivity index (χ3v) is 2.47. The minimum atomic E-state index is -4.59. The monoisotopic (exact) mass is 260 g/mol. The Morgan fingerprint density at radius 3 is 2.83 bits per heavy atom. The number of nitrogens with one attached hydrogen (secondary N) is 1.